The molecule has 0 aromatic heterocycles. The zero-order valence-corrected chi connectivity index (χ0v) is 47.3. The molecule has 0 aromatic carbocycles. The van der Waals surface area contributed by atoms with E-state index in [9.17, 15) is 9.90 Å². The predicted molar refractivity (Wildman–Crippen MR) is 268 cm³/mol. The number of rotatable bonds is 15. The van der Waals surface area contributed by atoms with Crippen LogP contribution in [0.3, 0.4) is 0 Å². The average molecular weight is 1010 g/mol. The van der Waals surface area contributed by atoms with Crippen molar-refractivity contribution in [3.8, 4) is 0 Å². The molecule has 0 saturated carbocycles. The van der Waals surface area contributed by atoms with E-state index in [-0.39, 0.29) is 84.2 Å². The SMILES string of the molecule is CC(C)C(=O)C(C)C.[2H]C(C)[C@@]12CO[C@@H]([C@H](C)O1)[C@@H]2O.[2H]C(C)[C@@]12CO[C@@H]([C@H](C)O1)[C@@H]2OP(OCC[N+]#[C-])N(C(C)C)C(C)C.[2H]C(C)[C@@]12CO[C@@H]([C@H](C)O1)[C@@H]2O[Si](C)(C)C(C)(C)C.[3H]OC.[3H]OC.[3H]OC. The van der Waals surface area contributed by atoms with Crippen molar-refractivity contribution in [1.29, 1.82) is 4.29 Å². The van der Waals surface area contributed by atoms with Gasteiger partial charge in [-0.1, -0.05) is 69.2 Å². The second-order valence-corrected chi connectivity index (χ2v) is 26.2. The number of aliphatic hydroxyl groups excluding tert-OH is 4. The minimum Gasteiger partial charge on any atom is -0.408 e. The zero-order chi connectivity index (χ0) is 57.2. The topological polar surface area (TPSA) is 189 Å². The lowest BCUT2D eigenvalue weighted by atomic mass is 9.96. The smallest absolute Gasteiger partial charge is 0.259 e. The van der Waals surface area contributed by atoms with Crippen LogP contribution < -0.4 is 0 Å². The Morgan fingerprint density at radius 2 is 1.16 bits per heavy atom. The second kappa shape index (κ2) is 29.7. The largest absolute Gasteiger partial charge is 0.408 e. The molecule has 4 N–H and O–H groups in total. The first-order valence-electron chi connectivity index (χ1n) is 26.8. The van der Waals surface area contributed by atoms with Crippen molar-refractivity contribution in [2.45, 2.75) is 239 Å². The number of hydrogen-bond acceptors (Lipinski definition) is 15. The standard InChI is InChI=1S/C17H31N2O4P.C14H28O3Si.C8H14O3.C7H14O.3CH4O/c1-8-17-11-20-15(14(6)22-17)16(17)23-24(21-10-9-18-7)19(12(2)3)13(4)5;1-8-14-9-15-11(10(2)16-14)12(14)17-18(6,7)13(3,4)5;1-3-8-4-10-6(7(8)9)5(2)11-8;1-5(2)7(8)6(3)4;3*1-2/h12-16H,8-11H2,1-6H3;10-12H,8-9H2,1-7H3;5-7,9H,3-4H2,1-2H3;5-6H,1-4H3;3*2H,1H3/t14-,15-,16-,17-,24?;10-,11-,12-,14-;5-,6-,7-,8-;;;;/m000..../s1/i2*8D;3D;;3*2T/t8?,14-,15-,16-,17-,24?;8?,10-,11-,12-,14-;3?,5-,6-,7-,8-;;;;. The third-order valence-corrected chi connectivity index (χ3v) is 19.7. The van der Waals surface area contributed by atoms with Crippen molar-refractivity contribution in [2.75, 3.05) is 54.3 Å². The molecule has 6 aliphatic rings. The van der Waals surface area contributed by atoms with Gasteiger partial charge in [0.25, 0.3) is 8.53 Å². The molecule has 0 radical (unpaired) electrons. The van der Waals surface area contributed by atoms with Crippen molar-refractivity contribution < 1.29 is 71.2 Å². The van der Waals surface area contributed by atoms with Crippen molar-refractivity contribution in [1.82, 2.24) is 4.67 Å². The van der Waals surface area contributed by atoms with Crippen LogP contribution in [0.4, 0.5) is 0 Å². The van der Waals surface area contributed by atoms with Gasteiger partial charge in [-0.05, 0) is 85.8 Å². The molecule has 18 heteroatoms. The number of aliphatic hydroxyl groups is 4. The maximum absolute atomic E-state index is 10.8. The van der Waals surface area contributed by atoms with Crippen LogP contribution in [0, 0.1) is 18.4 Å². The lowest BCUT2D eigenvalue weighted by Gasteiger charge is -2.40. The molecule has 6 saturated heterocycles. The van der Waals surface area contributed by atoms with Crippen LogP contribution in [0.1, 0.15) is 141 Å². The van der Waals surface area contributed by atoms with Gasteiger partial charge in [-0.3, -0.25) is 4.79 Å². The molecule has 16 nitrogen and oxygen atoms in total. The molecule has 0 spiro atoms. The van der Waals surface area contributed by atoms with E-state index in [1.54, 1.807) is 6.92 Å². The van der Waals surface area contributed by atoms with Gasteiger partial charge in [0.1, 0.15) is 65.8 Å². The van der Waals surface area contributed by atoms with Crippen LogP contribution in [-0.4, -0.2) is 182 Å². The number of carbonyl (C=O) groups is 1. The number of ketones is 1. The first-order chi connectivity index (χ1) is 33.6. The Morgan fingerprint density at radius 3 is 1.46 bits per heavy atom. The Kier molecular flexibility index (Phi) is 24.6. The van der Waals surface area contributed by atoms with E-state index in [1.807, 2.05) is 62.3 Å². The van der Waals surface area contributed by atoms with E-state index < -0.39 is 52.5 Å². The predicted octanol–water partition coefficient (Wildman–Crippen LogP) is 7.97. The highest BCUT2D eigenvalue weighted by molar-refractivity contribution is 7.44. The molecule has 0 aliphatic carbocycles. The van der Waals surface area contributed by atoms with E-state index in [4.69, 9.17) is 56.9 Å². The molecule has 6 rings (SSSR count). The van der Waals surface area contributed by atoms with Crippen LogP contribution in [-0.2, 0) is 46.7 Å². The van der Waals surface area contributed by atoms with Gasteiger partial charge >= 0.3 is 0 Å². The quantitative estimate of drug-likeness (QED) is 0.0535. The van der Waals surface area contributed by atoms with Crippen molar-refractivity contribution in [3.63, 3.8) is 0 Å². The van der Waals surface area contributed by atoms with E-state index in [1.165, 1.54) is 21.3 Å². The summed E-state index contributed by atoms with van der Waals surface area (Å²) in [4.78, 5) is 14.2. The first kappa shape index (κ1) is 55.6. The van der Waals surface area contributed by atoms with Crippen LogP contribution in [0.15, 0.2) is 0 Å². The summed E-state index contributed by atoms with van der Waals surface area (Å²) in [5.41, 5.74) is -2.07. The highest BCUT2D eigenvalue weighted by atomic mass is 31.2. The molecule has 67 heavy (non-hydrogen) atoms. The Hall–Kier alpha value is -0.753. The normalized spacial score (nSPS) is 36.2. The van der Waals surface area contributed by atoms with E-state index >= 15 is 0 Å². The highest BCUT2D eigenvalue weighted by Gasteiger charge is 2.63. The van der Waals surface area contributed by atoms with Gasteiger partial charge in [0.2, 0.25) is 10.8 Å². The summed E-state index contributed by atoms with van der Waals surface area (Å²) in [7, 11) is 0.628. The molecular weight excluding hydrogens is 900 g/mol. The van der Waals surface area contributed by atoms with Crippen molar-refractivity contribution >= 4 is 22.6 Å². The maximum atomic E-state index is 10.8. The summed E-state index contributed by atoms with van der Waals surface area (Å²) < 4.78 is 97.2. The van der Waals surface area contributed by atoms with Gasteiger partial charge in [-0.2, -0.15) is 0 Å². The van der Waals surface area contributed by atoms with E-state index in [2.05, 4.69) is 86.4 Å². The molecule has 6 fully saturated rings. The molecule has 16 atom stereocenters. The molecule has 0 amide bonds. The molecule has 398 valence electrons. The fraction of sp³-hybridized carbons (Fsp3) is 0.959. The van der Waals surface area contributed by atoms with Crippen molar-refractivity contribution in [3.05, 3.63) is 11.4 Å². The van der Waals surface area contributed by atoms with Gasteiger partial charge in [-0.15, -0.1) is 0 Å². The molecule has 6 aliphatic heterocycles. The lowest BCUT2D eigenvalue weighted by molar-refractivity contribution is -0.139. The monoisotopic (exact) mass is 1010 g/mol. The number of Topliss-reactive ketones (excluding diaryl/α,β-unsaturated/α-hetero) is 1. The highest BCUT2D eigenvalue weighted by Crippen LogP contribution is 2.54. The fourth-order valence-electron chi connectivity index (χ4n) is 8.55. The summed E-state index contributed by atoms with van der Waals surface area (Å²) >= 11 is 0. The van der Waals surface area contributed by atoms with Gasteiger partial charge < -0.3 is 67.2 Å². The molecule has 0 aromatic rings. The summed E-state index contributed by atoms with van der Waals surface area (Å²) in [6, 6.07) is 0.475. The van der Waals surface area contributed by atoms with Crippen LogP contribution in [0.2, 0.25) is 18.1 Å². The minimum absolute atomic E-state index is 0.0121. The third kappa shape index (κ3) is 16.4. The summed E-state index contributed by atoms with van der Waals surface area (Å²) in [6.07, 6.45) is -2.84. The number of hydrogen-bond donors (Lipinski definition) is 4. The first-order valence-corrected chi connectivity index (χ1v) is 27.9. The zero-order valence-electron chi connectivity index (χ0n) is 51.4. The lowest BCUT2D eigenvalue weighted by Crippen LogP contribution is -2.51. The second-order valence-electron chi connectivity index (χ2n) is 20.0. The molecule has 6 heterocycles. The minimum atomic E-state index is -1.88. The third-order valence-electron chi connectivity index (χ3n) is 13.2. The summed E-state index contributed by atoms with van der Waals surface area (Å²) in [5, 5.41) is 20.4. The Balaban J connectivity index is 0.000000949. The fourth-order valence-corrected chi connectivity index (χ4v) is 11.7. The average Bonchev–Trinajstić information content (AvgIpc) is 4.08. The van der Waals surface area contributed by atoms with E-state index in [0.717, 1.165) is 0 Å². The van der Waals surface area contributed by atoms with Gasteiger partial charge in [0.05, 0.1) is 38.1 Å². The molecular formula is C49H99N2O14PSi. The Labute approximate surface area is 418 Å². The number of carbonyl (C=O) groups excluding carboxylic acids is 1. The number of nitrogens with zero attached hydrogens (tertiary/aromatic N) is 2. The van der Waals surface area contributed by atoms with Crippen LogP contribution >= 0.6 is 8.53 Å². The molecule has 4 unspecified atom stereocenters. The Morgan fingerprint density at radius 1 is 0.791 bits per heavy atom. The number of ether oxygens (including phenoxy) is 6. The van der Waals surface area contributed by atoms with Gasteiger partial charge in [0, 0.05) is 49.4 Å². The van der Waals surface area contributed by atoms with Crippen molar-refractivity contribution in [2.24, 2.45) is 11.8 Å². The van der Waals surface area contributed by atoms with Gasteiger partial charge in [0.15, 0.2) is 8.32 Å². The van der Waals surface area contributed by atoms with E-state index in [0.29, 0.717) is 38.8 Å². The maximum Gasteiger partial charge on any atom is 0.259 e. The number of fused-ring (bicyclic) bond motifs is 6. The van der Waals surface area contributed by atoms with Gasteiger partial charge in [-0.25, -0.2) is 11.2 Å². The molecule has 6 bridgehead atoms. The van der Waals surface area contributed by atoms with Crippen LogP contribution in [0.25, 0.3) is 4.85 Å². The van der Waals surface area contributed by atoms with Crippen LogP contribution in [0.5, 0.6) is 0 Å². The summed E-state index contributed by atoms with van der Waals surface area (Å²) in [6.45, 7) is 47.5. The summed E-state index contributed by atoms with van der Waals surface area (Å²) in [5.74, 6) is 0.759. The Bertz CT molecular complexity index is 1580.